The molecule has 0 fully saturated rings. The minimum atomic E-state index is -1.55. The molecule has 0 aliphatic heterocycles. The van der Waals surface area contributed by atoms with Crippen molar-refractivity contribution in [3.8, 4) is 0 Å². The number of alkyl halides is 3. The largest absolute Gasteiger partial charge is 0.359 e. The van der Waals surface area contributed by atoms with Gasteiger partial charge in [0.1, 0.15) is 0 Å². The van der Waals surface area contributed by atoms with E-state index in [-0.39, 0.29) is 5.82 Å². The molecule has 0 saturated heterocycles. The minimum absolute atomic E-state index is 0.220. The number of aromatic nitrogens is 2. The quantitative estimate of drug-likeness (QED) is 0.819. The first-order chi connectivity index (χ1) is 7.97. The van der Waals surface area contributed by atoms with Gasteiger partial charge in [0.05, 0.1) is 0 Å². The van der Waals surface area contributed by atoms with Crippen molar-refractivity contribution in [1.29, 1.82) is 0 Å². The molecule has 8 heteroatoms. The number of rotatable bonds is 6. The topological polar surface area (TPSA) is 41.0 Å². The van der Waals surface area contributed by atoms with Crippen LogP contribution in [0.1, 0.15) is 19.7 Å². The standard InChI is InChI=1S/C9H15Cl3N4S/c1-3-16(4-2)6-5-13-8-14-7(15-17-8)9(10,11)12/h3-6H2,1-2H3,(H,13,14,15). The molecule has 1 N–H and O–H groups in total. The van der Waals surface area contributed by atoms with Crippen LogP contribution in [0.4, 0.5) is 5.13 Å². The summed E-state index contributed by atoms with van der Waals surface area (Å²) < 4.78 is 2.44. The average molecular weight is 318 g/mol. The Balaban J connectivity index is 2.40. The van der Waals surface area contributed by atoms with Crippen molar-refractivity contribution in [3.63, 3.8) is 0 Å². The average Bonchev–Trinajstić information content (AvgIpc) is 2.73. The molecular weight excluding hydrogens is 303 g/mol. The van der Waals surface area contributed by atoms with E-state index in [1.165, 1.54) is 11.5 Å². The van der Waals surface area contributed by atoms with E-state index in [2.05, 4.69) is 33.4 Å². The van der Waals surface area contributed by atoms with Gasteiger partial charge in [0.2, 0.25) is 5.13 Å². The van der Waals surface area contributed by atoms with Crippen LogP contribution >= 0.6 is 46.3 Å². The summed E-state index contributed by atoms with van der Waals surface area (Å²) in [6.07, 6.45) is 0. The summed E-state index contributed by atoms with van der Waals surface area (Å²) in [4.78, 5) is 6.42. The minimum Gasteiger partial charge on any atom is -0.359 e. The smallest absolute Gasteiger partial charge is 0.251 e. The fourth-order valence-electron chi connectivity index (χ4n) is 1.27. The fourth-order valence-corrected chi connectivity index (χ4v) is 2.32. The van der Waals surface area contributed by atoms with E-state index >= 15 is 0 Å². The molecule has 1 aromatic rings. The van der Waals surface area contributed by atoms with Crippen LogP contribution in [0.25, 0.3) is 0 Å². The lowest BCUT2D eigenvalue weighted by molar-refractivity contribution is 0.316. The molecule has 0 spiro atoms. The summed E-state index contributed by atoms with van der Waals surface area (Å²) in [6, 6.07) is 0. The highest BCUT2D eigenvalue weighted by molar-refractivity contribution is 7.09. The Labute approximate surface area is 120 Å². The highest BCUT2D eigenvalue weighted by Gasteiger charge is 2.28. The molecule has 0 aliphatic carbocycles. The Hall–Kier alpha value is 0.190. The van der Waals surface area contributed by atoms with Gasteiger partial charge in [-0.1, -0.05) is 48.7 Å². The molecule has 1 rings (SSSR count). The van der Waals surface area contributed by atoms with Crippen LogP contribution in [-0.2, 0) is 3.79 Å². The summed E-state index contributed by atoms with van der Waals surface area (Å²) in [5.41, 5.74) is 0. The van der Waals surface area contributed by atoms with Crippen molar-refractivity contribution in [2.45, 2.75) is 17.6 Å². The summed E-state index contributed by atoms with van der Waals surface area (Å²) in [7, 11) is 0. The number of hydrogen-bond donors (Lipinski definition) is 1. The van der Waals surface area contributed by atoms with Gasteiger partial charge >= 0.3 is 0 Å². The zero-order valence-electron chi connectivity index (χ0n) is 9.71. The number of hydrogen-bond acceptors (Lipinski definition) is 5. The number of nitrogens with zero attached hydrogens (tertiary/aromatic N) is 3. The summed E-state index contributed by atoms with van der Waals surface area (Å²) in [5, 5.41) is 3.84. The predicted molar refractivity (Wildman–Crippen MR) is 75.4 cm³/mol. The summed E-state index contributed by atoms with van der Waals surface area (Å²) in [6.45, 7) is 8.10. The van der Waals surface area contributed by atoms with Gasteiger partial charge in [-0.15, -0.1) is 0 Å². The van der Waals surface area contributed by atoms with Crippen molar-refractivity contribution in [1.82, 2.24) is 14.3 Å². The van der Waals surface area contributed by atoms with E-state index in [0.717, 1.165) is 26.2 Å². The maximum absolute atomic E-state index is 5.68. The Kier molecular flexibility index (Phi) is 6.23. The Morgan fingerprint density at radius 2 is 1.94 bits per heavy atom. The normalized spacial score (nSPS) is 12.1. The second-order valence-electron chi connectivity index (χ2n) is 3.37. The molecule has 0 atom stereocenters. The number of likely N-dealkylation sites (N-methyl/N-ethyl adjacent to an activating group) is 1. The first-order valence-corrected chi connectivity index (χ1v) is 7.25. The second-order valence-corrected chi connectivity index (χ2v) is 6.41. The van der Waals surface area contributed by atoms with Crippen LogP contribution in [-0.4, -0.2) is 40.4 Å². The molecule has 4 nitrogen and oxygen atoms in total. The second kappa shape index (κ2) is 6.95. The Morgan fingerprint density at radius 1 is 1.29 bits per heavy atom. The molecule has 0 saturated carbocycles. The van der Waals surface area contributed by atoms with Crippen molar-refractivity contribution in [2.75, 3.05) is 31.5 Å². The van der Waals surface area contributed by atoms with Gasteiger partial charge in [-0.25, -0.2) is 0 Å². The molecule has 0 aromatic carbocycles. The monoisotopic (exact) mass is 316 g/mol. The number of nitrogens with one attached hydrogen (secondary N) is 1. The van der Waals surface area contributed by atoms with E-state index in [1.807, 2.05) is 0 Å². The van der Waals surface area contributed by atoms with Gasteiger partial charge < -0.3 is 10.2 Å². The van der Waals surface area contributed by atoms with Gasteiger partial charge in [0.25, 0.3) is 3.79 Å². The SMILES string of the molecule is CCN(CC)CCNc1nc(C(Cl)(Cl)Cl)ns1. The summed E-state index contributed by atoms with van der Waals surface area (Å²) in [5.74, 6) is 0.220. The van der Waals surface area contributed by atoms with Gasteiger partial charge in [-0.05, 0) is 13.1 Å². The molecule has 0 unspecified atom stereocenters. The van der Waals surface area contributed by atoms with Gasteiger partial charge in [0, 0.05) is 24.6 Å². The zero-order chi connectivity index (χ0) is 12.9. The zero-order valence-corrected chi connectivity index (χ0v) is 12.8. The third kappa shape index (κ3) is 5.14. The predicted octanol–water partition coefficient (Wildman–Crippen LogP) is 3.12. The molecule has 0 amide bonds. The van der Waals surface area contributed by atoms with Crippen LogP contribution in [0.3, 0.4) is 0 Å². The van der Waals surface area contributed by atoms with Gasteiger partial charge in [-0.2, -0.15) is 9.36 Å². The maximum atomic E-state index is 5.68. The van der Waals surface area contributed by atoms with Gasteiger partial charge in [0.15, 0.2) is 5.82 Å². The van der Waals surface area contributed by atoms with Crippen LogP contribution in [0.5, 0.6) is 0 Å². The molecule has 0 bridgehead atoms. The lowest BCUT2D eigenvalue weighted by Crippen LogP contribution is -2.28. The van der Waals surface area contributed by atoms with Crippen molar-refractivity contribution >= 4 is 51.5 Å². The van der Waals surface area contributed by atoms with Crippen LogP contribution in [0.2, 0.25) is 0 Å². The molecule has 1 aromatic heterocycles. The molecule has 17 heavy (non-hydrogen) atoms. The van der Waals surface area contributed by atoms with Crippen molar-refractivity contribution < 1.29 is 0 Å². The summed E-state index contributed by atoms with van der Waals surface area (Å²) >= 11 is 18.2. The molecule has 0 aliphatic rings. The van der Waals surface area contributed by atoms with Crippen LogP contribution in [0, 0.1) is 0 Å². The third-order valence-electron chi connectivity index (χ3n) is 2.28. The van der Waals surface area contributed by atoms with Gasteiger partial charge in [-0.3, -0.25) is 0 Å². The molecule has 0 radical (unpaired) electrons. The van der Waals surface area contributed by atoms with E-state index in [9.17, 15) is 0 Å². The number of anilines is 1. The molecule has 98 valence electrons. The maximum Gasteiger partial charge on any atom is 0.251 e. The highest BCUT2D eigenvalue weighted by Crippen LogP contribution is 2.37. The highest BCUT2D eigenvalue weighted by atomic mass is 35.6. The first-order valence-electron chi connectivity index (χ1n) is 5.34. The van der Waals surface area contributed by atoms with E-state index in [4.69, 9.17) is 34.8 Å². The third-order valence-corrected chi connectivity index (χ3v) is 3.46. The van der Waals surface area contributed by atoms with E-state index < -0.39 is 3.79 Å². The Bertz CT molecular complexity index is 335. The van der Waals surface area contributed by atoms with Crippen molar-refractivity contribution in [3.05, 3.63) is 5.82 Å². The Morgan fingerprint density at radius 3 is 2.41 bits per heavy atom. The van der Waals surface area contributed by atoms with Crippen LogP contribution < -0.4 is 5.32 Å². The molecular formula is C9H15Cl3N4S. The lowest BCUT2D eigenvalue weighted by atomic mass is 10.5. The van der Waals surface area contributed by atoms with Crippen LogP contribution in [0.15, 0.2) is 0 Å². The van der Waals surface area contributed by atoms with E-state index in [1.54, 1.807) is 0 Å². The molecule has 1 heterocycles. The number of halogens is 3. The van der Waals surface area contributed by atoms with E-state index in [0.29, 0.717) is 5.13 Å². The first kappa shape index (κ1) is 15.2. The fraction of sp³-hybridized carbons (Fsp3) is 0.778. The van der Waals surface area contributed by atoms with Crippen molar-refractivity contribution in [2.24, 2.45) is 0 Å². The lowest BCUT2D eigenvalue weighted by Gasteiger charge is -2.17.